The highest BCUT2D eigenvalue weighted by atomic mass is 35.5. The number of ether oxygens (including phenoxy) is 4. The van der Waals surface area contributed by atoms with Crippen molar-refractivity contribution in [1.29, 1.82) is 0 Å². The third-order valence-electron chi connectivity index (χ3n) is 4.04. The van der Waals surface area contributed by atoms with Crippen LogP contribution in [0.2, 0.25) is 5.02 Å². The minimum absolute atomic E-state index is 0.224. The summed E-state index contributed by atoms with van der Waals surface area (Å²) in [5, 5.41) is 9.21. The second-order valence-corrected chi connectivity index (χ2v) is 7.17. The minimum Gasteiger partial charge on any atom is -0.486 e. The third-order valence-corrected chi connectivity index (χ3v) is 5.22. The molecule has 0 saturated carbocycles. The van der Waals surface area contributed by atoms with Crippen LogP contribution in [0.5, 0.6) is 23.0 Å². The first-order valence-electron chi connectivity index (χ1n) is 8.20. The minimum atomic E-state index is 0.224. The maximum absolute atomic E-state index is 6.27. The highest BCUT2D eigenvalue weighted by Gasteiger charge is 2.19. The first kappa shape index (κ1) is 16.6. The van der Waals surface area contributed by atoms with Crippen molar-refractivity contribution in [1.82, 2.24) is 10.2 Å². The van der Waals surface area contributed by atoms with E-state index in [9.17, 15) is 0 Å². The zero-order valence-electron chi connectivity index (χ0n) is 13.9. The van der Waals surface area contributed by atoms with E-state index in [1.54, 1.807) is 0 Å². The molecule has 0 atom stereocenters. The predicted molar refractivity (Wildman–Crippen MR) is 97.9 cm³/mol. The Morgan fingerprint density at radius 2 is 1.81 bits per heavy atom. The largest absolute Gasteiger partial charge is 0.486 e. The van der Waals surface area contributed by atoms with Crippen LogP contribution in [-0.2, 0) is 5.75 Å². The molecule has 1 aromatic heterocycles. The van der Waals surface area contributed by atoms with E-state index in [0.29, 0.717) is 58.1 Å². The maximum atomic E-state index is 6.27. The Morgan fingerprint density at radius 1 is 0.926 bits per heavy atom. The zero-order chi connectivity index (χ0) is 18.2. The molecule has 2 aromatic carbocycles. The lowest BCUT2D eigenvalue weighted by Gasteiger charge is -2.20. The molecule has 0 spiro atoms. The van der Waals surface area contributed by atoms with Crippen molar-refractivity contribution >= 4 is 23.4 Å². The quantitative estimate of drug-likeness (QED) is 0.599. The summed E-state index contributed by atoms with van der Waals surface area (Å²) in [6, 6.07) is 9.28. The monoisotopic (exact) mass is 404 g/mol. The van der Waals surface area contributed by atoms with Gasteiger partial charge < -0.3 is 23.4 Å². The number of rotatable bonds is 4. The van der Waals surface area contributed by atoms with Gasteiger partial charge in [-0.3, -0.25) is 0 Å². The highest BCUT2D eigenvalue weighted by molar-refractivity contribution is 7.98. The molecule has 3 heterocycles. The SMILES string of the molecule is Clc1cc(CSc2nnc(-c3ccc4c(c3)OCO4)o2)cc2c1OCCO2. The van der Waals surface area contributed by atoms with Gasteiger partial charge in [0.05, 0.1) is 5.02 Å². The van der Waals surface area contributed by atoms with Crippen molar-refractivity contribution < 1.29 is 23.4 Å². The number of halogens is 1. The van der Waals surface area contributed by atoms with E-state index in [-0.39, 0.29) is 6.79 Å². The molecule has 0 bridgehead atoms. The standard InChI is InChI=1S/C18H13ClN2O5S/c19-12-5-10(6-15-16(12)23-4-3-22-15)8-27-18-21-20-17(26-18)11-1-2-13-14(7-11)25-9-24-13/h1-2,5-7H,3-4,8-9H2. The van der Waals surface area contributed by atoms with E-state index >= 15 is 0 Å². The van der Waals surface area contributed by atoms with Crippen LogP contribution in [0.4, 0.5) is 0 Å². The molecule has 2 aliphatic rings. The molecule has 3 aromatic rings. The van der Waals surface area contributed by atoms with Gasteiger partial charge in [0.1, 0.15) is 13.2 Å². The van der Waals surface area contributed by atoms with E-state index in [4.69, 9.17) is 35.0 Å². The van der Waals surface area contributed by atoms with Crippen molar-refractivity contribution in [3.63, 3.8) is 0 Å². The Bertz CT molecular complexity index is 1010. The van der Waals surface area contributed by atoms with Gasteiger partial charge in [0.15, 0.2) is 23.0 Å². The molecule has 0 radical (unpaired) electrons. The highest BCUT2D eigenvalue weighted by Crippen LogP contribution is 2.40. The molecule has 0 amide bonds. The summed E-state index contributed by atoms with van der Waals surface area (Å²) < 4.78 is 27.6. The van der Waals surface area contributed by atoms with Crippen LogP contribution >= 0.6 is 23.4 Å². The van der Waals surface area contributed by atoms with Crippen LogP contribution in [-0.4, -0.2) is 30.2 Å². The Balaban J connectivity index is 1.31. The van der Waals surface area contributed by atoms with Crippen LogP contribution in [0.3, 0.4) is 0 Å². The molecule has 0 saturated heterocycles. The van der Waals surface area contributed by atoms with Crippen LogP contribution in [0.1, 0.15) is 5.56 Å². The molecule has 0 aliphatic carbocycles. The van der Waals surface area contributed by atoms with Gasteiger partial charge in [-0.1, -0.05) is 23.4 Å². The summed E-state index contributed by atoms with van der Waals surface area (Å²) in [6.45, 7) is 1.25. The molecule has 9 heteroatoms. The van der Waals surface area contributed by atoms with Gasteiger partial charge >= 0.3 is 0 Å². The van der Waals surface area contributed by atoms with E-state index in [1.165, 1.54) is 11.8 Å². The van der Waals surface area contributed by atoms with Gasteiger partial charge in [-0.25, -0.2) is 0 Å². The van der Waals surface area contributed by atoms with E-state index < -0.39 is 0 Å². The first-order valence-corrected chi connectivity index (χ1v) is 9.57. The van der Waals surface area contributed by atoms with Gasteiger partial charge in [0.2, 0.25) is 12.7 Å². The number of hydrogen-bond donors (Lipinski definition) is 0. The van der Waals surface area contributed by atoms with Gasteiger partial charge in [0.25, 0.3) is 5.22 Å². The fourth-order valence-electron chi connectivity index (χ4n) is 2.81. The van der Waals surface area contributed by atoms with Crippen molar-refractivity contribution in [2.75, 3.05) is 20.0 Å². The van der Waals surface area contributed by atoms with Gasteiger partial charge in [-0.2, -0.15) is 0 Å². The number of fused-ring (bicyclic) bond motifs is 2. The summed E-state index contributed by atoms with van der Waals surface area (Å²) >= 11 is 7.69. The molecule has 0 fully saturated rings. The van der Waals surface area contributed by atoms with Crippen molar-refractivity contribution in [3.05, 3.63) is 40.9 Å². The molecular formula is C18H13ClN2O5S. The van der Waals surface area contributed by atoms with Crippen molar-refractivity contribution in [2.24, 2.45) is 0 Å². The van der Waals surface area contributed by atoms with Crippen LogP contribution < -0.4 is 18.9 Å². The molecule has 0 unspecified atom stereocenters. The zero-order valence-corrected chi connectivity index (χ0v) is 15.5. The van der Waals surface area contributed by atoms with Gasteiger partial charge in [-0.15, -0.1) is 10.2 Å². The second kappa shape index (κ2) is 6.86. The fraction of sp³-hybridized carbons (Fsp3) is 0.222. The number of hydrogen-bond acceptors (Lipinski definition) is 8. The van der Waals surface area contributed by atoms with Crippen molar-refractivity contribution in [2.45, 2.75) is 11.0 Å². The van der Waals surface area contributed by atoms with E-state index in [1.807, 2.05) is 30.3 Å². The number of aromatic nitrogens is 2. The number of benzene rings is 2. The summed E-state index contributed by atoms with van der Waals surface area (Å²) in [7, 11) is 0. The molecule has 0 N–H and O–H groups in total. The number of nitrogens with zero attached hydrogens (tertiary/aromatic N) is 2. The normalized spacial score (nSPS) is 14.4. The fourth-order valence-corrected chi connectivity index (χ4v) is 3.79. The lowest BCUT2D eigenvalue weighted by atomic mass is 10.2. The molecular weight excluding hydrogens is 392 g/mol. The Kier molecular flexibility index (Phi) is 4.21. The Labute approximate surface area is 163 Å². The van der Waals surface area contributed by atoms with E-state index in [2.05, 4.69) is 10.2 Å². The Hall–Kier alpha value is -2.58. The lowest BCUT2D eigenvalue weighted by Crippen LogP contribution is -2.15. The first-order chi connectivity index (χ1) is 13.3. The average molecular weight is 405 g/mol. The molecule has 138 valence electrons. The van der Waals surface area contributed by atoms with Crippen molar-refractivity contribution in [3.8, 4) is 34.5 Å². The summed E-state index contributed by atoms with van der Waals surface area (Å²) in [5.41, 5.74) is 1.76. The summed E-state index contributed by atoms with van der Waals surface area (Å²) in [4.78, 5) is 0. The summed E-state index contributed by atoms with van der Waals surface area (Å²) in [5.74, 6) is 3.68. The molecule has 7 nitrogen and oxygen atoms in total. The Morgan fingerprint density at radius 3 is 2.78 bits per heavy atom. The molecule has 2 aliphatic heterocycles. The van der Waals surface area contributed by atoms with Gasteiger partial charge in [-0.05, 0) is 35.9 Å². The van der Waals surface area contributed by atoms with Crippen LogP contribution in [0.25, 0.3) is 11.5 Å². The van der Waals surface area contributed by atoms with E-state index in [0.717, 1.165) is 11.1 Å². The number of thioether (sulfide) groups is 1. The van der Waals surface area contributed by atoms with Gasteiger partial charge in [0, 0.05) is 11.3 Å². The van der Waals surface area contributed by atoms with Crippen LogP contribution in [0.15, 0.2) is 40.0 Å². The molecule has 5 rings (SSSR count). The second-order valence-electron chi connectivity index (χ2n) is 5.83. The molecule has 27 heavy (non-hydrogen) atoms. The smallest absolute Gasteiger partial charge is 0.277 e. The third kappa shape index (κ3) is 3.26. The average Bonchev–Trinajstić information content (AvgIpc) is 3.35. The predicted octanol–water partition coefficient (Wildman–Crippen LogP) is 4.18. The maximum Gasteiger partial charge on any atom is 0.277 e. The summed E-state index contributed by atoms with van der Waals surface area (Å²) in [6.07, 6.45) is 0. The lowest BCUT2D eigenvalue weighted by molar-refractivity contribution is 0.171. The van der Waals surface area contributed by atoms with Crippen LogP contribution in [0, 0.1) is 0 Å². The topological polar surface area (TPSA) is 75.8 Å².